The van der Waals surface area contributed by atoms with Gasteiger partial charge in [-0.15, -0.1) is 0 Å². The van der Waals surface area contributed by atoms with Crippen LogP contribution in [-0.4, -0.2) is 31.6 Å². The smallest absolute Gasteiger partial charge is 0.307 e. The second kappa shape index (κ2) is 10.4. The number of hydrogen-bond donors (Lipinski definition) is 1. The fourth-order valence-corrected chi connectivity index (χ4v) is 2.13. The number of carbonyl (C=O) groups excluding carboxylic acids is 2. The molecule has 0 fully saturated rings. The number of esters is 1. The summed E-state index contributed by atoms with van der Waals surface area (Å²) in [5.41, 5.74) is 0.496. The van der Waals surface area contributed by atoms with Gasteiger partial charge in [0.1, 0.15) is 5.75 Å². The van der Waals surface area contributed by atoms with Crippen molar-refractivity contribution < 1.29 is 19.1 Å². The van der Waals surface area contributed by atoms with E-state index in [4.69, 9.17) is 21.1 Å². The Balaban J connectivity index is 1.53. The molecule has 0 aromatic heterocycles. The van der Waals surface area contributed by atoms with Crippen molar-refractivity contribution in [2.75, 3.05) is 19.8 Å². The zero-order valence-corrected chi connectivity index (χ0v) is 14.5. The summed E-state index contributed by atoms with van der Waals surface area (Å²) in [6.07, 6.45) is 0.733. The highest BCUT2D eigenvalue weighted by Gasteiger charge is 2.07. The molecule has 0 atom stereocenters. The van der Waals surface area contributed by atoms with Crippen molar-refractivity contribution in [2.24, 2.45) is 0 Å². The van der Waals surface area contributed by atoms with Crippen LogP contribution in [0.25, 0.3) is 0 Å². The number of ether oxygens (including phenoxy) is 2. The standard InChI is InChI=1S/C19H20ClNO4/c20-16-9-7-15(8-10-16)19(23)21-12-11-18(22)25-14-4-13-24-17-5-2-1-3-6-17/h1-3,5-10H,4,11-14H2,(H,21,23). The van der Waals surface area contributed by atoms with E-state index in [0.717, 1.165) is 5.75 Å². The minimum absolute atomic E-state index is 0.124. The first-order valence-corrected chi connectivity index (χ1v) is 8.40. The van der Waals surface area contributed by atoms with Crippen LogP contribution in [-0.2, 0) is 9.53 Å². The van der Waals surface area contributed by atoms with E-state index < -0.39 is 0 Å². The zero-order valence-electron chi connectivity index (χ0n) is 13.7. The molecule has 2 aromatic rings. The summed E-state index contributed by atoms with van der Waals surface area (Å²) in [4.78, 5) is 23.5. The first-order valence-electron chi connectivity index (χ1n) is 8.02. The molecule has 2 aromatic carbocycles. The van der Waals surface area contributed by atoms with Crippen LogP contribution >= 0.6 is 11.6 Å². The number of para-hydroxylation sites is 1. The van der Waals surface area contributed by atoms with E-state index in [9.17, 15) is 9.59 Å². The van der Waals surface area contributed by atoms with E-state index in [0.29, 0.717) is 23.6 Å². The minimum Gasteiger partial charge on any atom is -0.493 e. The topological polar surface area (TPSA) is 64.6 Å². The third kappa shape index (κ3) is 7.27. The quantitative estimate of drug-likeness (QED) is 0.548. The van der Waals surface area contributed by atoms with Gasteiger partial charge in [-0.05, 0) is 36.4 Å². The van der Waals surface area contributed by atoms with E-state index in [2.05, 4.69) is 5.32 Å². The number of rotatable bonds is 9. The van der Waals surface area contributed by atoms with Gasteiger partial charge in [-0.1, -0.05) is 29.8 Å². The van der Waals surface area contributed by atoms with Crippen LogP contribution in [0.3, 0.4) is 0 Å². The minimum atomic E-state index is -0.351. The van der Waals surface area contributed by atoms with E-state index in [-0.39, 0.29) is 31.4 Å². The number of hydrogen-bond acceptors (Lipinski definition) is 4. The molecule has 0 spiro atoms. The van der Waals surface area contributed by atoms with Gasteiger partial charge in [0.2, 0.25) is 0 Å². The summed E-state index contributed by atoms with van der Waals surface area (Å²) in [7, 11) is 0. The van der Waals surface area contributed by atoms with Crippen molar-refractivity contribution in [3.8, 4) is 5.75 Å². The number of amides is 1. The van der Waals surface area contributed by atoms with Gasteiger partial charge in [-0.3, -0.25) is 9.59 Å². The van der Waals surface area contributed by atoms with Gasteiger partial charge < -0.3 is 14.8 Å². The maximum Gasteiger partial charge on any atom is 0.307 e. The van der Waals surface area contributed by atoms with Crippen molar-refractivity contribution in [3.63, 3.8) is 0 Å². The summed E-state index contributed by atoms with van der Waals surface area (Å²) in [5.74, 6) is 0.190. The van der Waals surface area contributed by atoms with Crippen molar-refractivity contribution in [3.05, 3.63) is 65.2 Å². The van der Waals surface area contributed by atoms with Crippen molar-refractivity contribution in [2.45, 2.75) is 12.8 Å². The maximum atomic E-state index is 11.8. The van der Waals surface area contributed by atoms with Gasteiger partial charge in [0.15, 0.2) is 0 Å². The second-order valence-electron chi connectivity index (χ2n) is 5.25. The van der Waals surface area contributed by atoms with E-state index in [1.54, 1.807) is 24.3 Å². The van der Waals surface area contributed by atoms with E-state index in [1.165, 1.54) is 0 Å². The van der Waals surface area contributed by atoms with E-state index in [1.807, 2.05) is 30.3 Å². The van der Waals surface area contributed by atoms with Gasteiger partial charge in [-0.2, -0.15) is 0 Å². The number of halogens is 1. The molecule has 0 saturated heterocycles. The Bertz CT molecular complexity index is 674. The van der Waals surface area contributed by atoms with Crippen molar-refractivity contribution >= 4 is 23.5 Å². The number of nitrogens with one attached hydrogen (secondary N) is 1. The molecule has 0 aliphatic carbocycles. The van der Waals surface area contributed by atoms with Crippen LogP contribution in [0.15, 0.2) is 54.6 Å². The summed E-state index contributed by atoms with van der Waals surface area (Å²) < 4.78 is 10.6. The lowest BCUT2D eigenvalue weighted by Gasteiger charge is -2.08. The Labute approximate surface area is 151 Å². The molecule has 0 bridgehead atoms. The highest BCUT2D eigenvalue weighted by Crippen LogP contribution is 2.09. The maximum absolute atomic E-state index is 11.8. The number of benzene rings is 2. The molecular weight excluding hydrogens is 342 g/mol. The average Bonchev–Trinajstić information content (AvgIpc) is 2.63. The van der Waals surface area contributed by atoms with Gasteiger partial charge >= 0.3 is 5.97 Å². The van der Waals surface area contributed by atoms with Gasteiger partial charge in [0.05, 0.1) is 19.6 Å². The van der Waals surface area contributed by atoms with Gasteiger partial charge in [0, 0.05) is 23.6 Å². The highest BCUT2D eigenvalue weighted by atomic mass is 35.5. The van der Waals surface area contributed by atoms with Crippen LogP contribution in [0, 0.1) is 0 Å². The normalized spacial score (nSPS) is 10.1. The molecule has 2 rings (SSSR count). The fourth-order valence-electron chi connectivity index (χ4n) is 2.01. The molecule has 1 N–H and O–H groups in total. The van der Waals surface area contributed by atoms with Crippen molar-refractivity contribution in [1.82, 2.24) is 5.32 Å². The van der Waals surface area contributed by atoms with Gasteiger partial charge in [0.25, 0.3) is 5.91 Å². The highest BCUT2D eigenvalue weighted by molar-refractivity contribution is 6.30. The molecule has 5 nitrogen and oxygen atoms in total. The van der Waals surface area contributed by atoms with Crippen LogP contribution < -0.4 is 10.1 Å². The molecule has 0 aliphatic rings. The Kier molecular flexibility index (Phi) is 7.79. The summed E-state index contributed by atoms with van der Waals surface area (Å²) in [6, 6.07) is 16.0. The molecule has 0 aliphatic heterocycles. The molecule has 0 unspecified atom stereocenters. The first kappa shape index (κ1) is 18.8. The van der Waals surface area contributed by atoms with Crippen LogP contribution in [0.5, 0.6) is 5.75 Å². The summed E-state index contributed by atoms with van der Waals surface area (Å²) >= 11 is 5.77. The summed E-state index contributed by atoms with van der Waals surface area (Å²) in [5, 5.41) is 3.23. The van der Waals surface area contributed by atoms with Crippen LogP contribution in [0.1, 0.15) is 23.2 Å². The lowest BCUT2D eigenvalue weighted by molar-refractivity contribution is -0.143. The van der Waals surface area contributed by atoms with Crippen molar-refractivity contribution in [1.29, 1.82) is 0 Å². The molecule has 0 saturated carbocycles. The largest absolute Gasteiger partial charge is 0.493 e. The Morgan fingerprint density at radius 2 is 1.68 bits per heavy atom. The van der Waals surface area contributed by atoms with Gasteiger partial charge in [-0.25, -0.2) is 0 Å². The summed E-state index contributed by atoms with van der Waals surface area (Å²) in [6.45, 7) is 0.988. The monoisotopic (exact) mass is 361 g/mol. The predicted octanol–water partition coefficient (Wildman–Crippen LogP) is 3.47. The van der Waals surface area contributed by atoms with E-state index >= 15 is 0 Å². The second-order valence-corrected chi connectivity index (χ2v) is 5.68. The third-order valence-electron chi connectivity index (χ3n) is 3.28. The Morgan fingerprint density at radius 3 is 2.40 bits per heavy atom. The first-order chi connectivity index (χ1) is 12.1. The van der Waals surface area contributed by atoms with Crippen LogP contribution in [0.2, 0.25) is 5.02 Å². The SMILES string of the molecule is O=C(CCNC(=O)c1ccc(Cl)cc1)OCCCOc1ccccc1. The molecular formula is C19H20ClNO4. The average molecular weight is 362 g/mol. The Hall–Kier alpha value is -2.53. The third-order valence-corrected chi connectivity index (χ3v) is 3.54. The Morgan fingerprint density at radius 1 is 0.960 bits per heavy atom. The molecule has 25 heavy (non-hydrogen) atoms. The lowest BCUT2D eigenvalue weighted by atomic mass is 10.2. The predicted molar refractivity (Wildman–Crippen MR) is 95.9 cm³/mol. The molecule has 1 amide bonds. The molecule has 0 heterocycles. The fraction of sp³-hybridized carbons (Fsp3) is 0.263. The molecule has 6 heteroatoms. The lowest BCUT2D eigenvalue weighted by Crippen LogP contribution is -2.26. The molecule has 0 radical (unpaired) electrons. The molecule has 132 valence electrons. The zero-order chi connectivity index (χ0) is 17.9. The van der Waals surface area contributed by atoms with Crippen LogP contribution in [0.4, 0.5) is 0 Å². The number of carbonyl (C=O) groups is 2.